The van der Waals surface area contributed by atoms with Crippen LogP contribution < -0.4 is 4.74 Å². The summed E-state index contributed by atoms with van der Waals surface area (Å²) < 4.78 is 10.6. The summed E-state index contributed by atoms with van der Waals surface area (Å²) in [5.41, 5.74) is 0.994. The first kappa shape index (κ1) is 16.3. The molecule has 0 radical (unpaired) electrons. The van der Waals surface area contributed by atoms with Gasteiger partial charge in [-0.2, -0.15) is 0 Å². The molecule has 1 saturated heterocycles. The van der Waals surface area contributed by atoms with Crippen molar-refractivity contribution < 1.29 is 24.2 Å². The Morgan fingerprint density at radius 1 is 1.41 bits per heavy atom. The van der Waals surface area contributed by atoms with Gasteiger partial charge in [-0.3, -0.25) is 9.59 Å². The van der Waals surface area contributed by atoms with Gasteiger partial charge in [-0.1, -0.05) is 18.2 Å². The van der Waals surface area contributed by atoms with E-state index >= 15 is 0 Å². The number of ether oxygens (including phenoxy) is 2. The number of benzene rings is 1. The Morgan fingerprint density at radius 3 is 2.91 bits per heavy atom. The Labute approximate surface area is 129 Å². The van der Waals surface area contributed by atoms with E-state index in [1.165, 1.54) is 0 Å². The van der Waals surface area contributed by atoms with Gasteiger partial charge >= 0.3 is 5.97 Å². The topological polar surface area (TPSA) is 76.1 Å². The van der Waals surface area contributed by atoms with E-state index in [0.29, 0.717) is 32.5 Å². The molecule has 1 fully saturated rings. The van der Waals surface area contributed by atoms with E-state index in [9.17, 15) is 9.59 Å². The molecule has 6 nitrogen and oxygen atoms in total. The van der Waals surface area contributed by atoms with Gasteiger partial charge < -0.3 is 19.5 Å². The van der Waals surface area contributed by atoms with Gasteiger partial charge in [0.25, 0.3) is 0 Å². The van der Waals surface area contributed by atoms with Crippen molar-refractivity contribution in [1.29, 1.82) is 0 Å². The monoisotopic (exact) mass is 307 g/mol. The van der Waals surface area contributed by atoms with Gasteiger partial charge in [0.2, 0.25) is 5.91 Å². The minimum atomic E-state index is -0.909. The van der Waals surface area contributed by atoms with Crippen LogP contribution >= 0.6 is 0 Å². The first-order chi connectivity index (χ1) is 10.6. The van der Waals surface area contributed by atoms with Crippen LogP contribution in [0.25, 0.3) is 0 Å². The fourth-order valence-corrected chi connectivity index (χ4v) is 2.57. The van der Waals surface area contributed by atoms with Crippen LogP contribution in [0, 0.1) is 0 Å². The van der Waals surface area contributed by atoms with Gasteiger partial charge in [-0.25, -0.2) is 0 Å². The number of carboxylic acid groups (broad SMARTS) is 1. The number of rotatable bonds is 6. The summed E-state index contributed by atoms with van der Waals surface area (Å²) in [5, 5.41) is 8.80. The fraction of sp³-hybridized carbons (Fsp3) is 0.500. The third kappa shape index (κ3) is 4.46. The SMILES string of the molecule is COc1ccccc1CCC(=O)N1CCO[C@H](CC(=O)O)C1. The molecule has 1 heterocycles. The van der Waals surface area contributed by atoms with E-state index < -0.39 is 12.1 Å². The lowest BCUT2D eigenvalue weighted by atomic mass is 10.1. The van der Waals surface area contributed by atoms with Crippen LogP contribution in [0.4, 0.5) is 0 Å². The zero-order valence-electron chi connectivity index (χ0n) is 12.7. The summed E-state index contributed by atoms with van der Waals surface area (Å²) in [4.78, 5) is 24.7. The predicted octanol–water partition coefficient (Wildman–Crippen LogP) is 1.33. The van der Waals surface area contributed by atoms with Crippen molar-refractivity contribution in [3.8, 4) is 5.75 Å². The van der Waals surface area contributed by atoms with Crippen molar-refractivity contribution >= 4 is 11.9 Å². The Hall–Kier alpha value is -2.08. The Bertz CT molecular complexity index is 531. The largest absolute Gasteiger partial charge is 0.496 e. The fourth-order valence-electron chi connectivity index (χ4n) is 2.57. The standard InChI is InChI=1S/C16H21NO5/c1-21-14-5-3-2-4-12(14)6-7-15(18)17-8-9-22-13(11-17)10-16(19)20/h2-5,13H,6-11H2,1H3,(H,19,20)/t13-/m1/s1. The maximum absolute atomic E-state index is 12.3. The number of carboxylic acids is 1. The molecular weight excluding hydrogens is 286 g/mol. The van der Waals surface area contributed by atoms with Gasteiger partial charge in [0.05, 0.1) is 26.2 Å². The number of carbonyl (C=O) groups excluding carboxylic acids is 1. The molecule has 1 aliphatic heterocycles. The summed E-state index contributed by atoms with van der Waals surface area (Å²) in [5.74, 6) is -0.112. The molecule has 0 unspecified atom stereocenters. The molecule has 22 heavy (non-hydrogen) atoms. The van der Waals surface area contributed by atoms with Crippen molar-refractivity contribution in [1.82, 2.24) is 4.90 Å². The third-order valence-corrected chi connectivity index (χ3v) is 3.69. The number of methoxy groups -OCH3 is 1. The number of aryl methyl sites for hydroxylation is 1. The van der Waals surface area contributed by atoms with Crippen LogP contribution in [0.3, 0.4) is 0 Å². The molecule has 2 rings (SSSR count). The first-order valence-electron chi connectivity index (χ1n) is 7.33. The normalized spacial score (nSPS) is 18.0. The molecule has 0 aliphatic carbocycles. The minimum absolute atomic E-state index is 0.0181. The van der Waals surface area contributed by atoms with Crippen molar-refractivity contribution in [2.45, 2.75) is 25.4 Å². The quantitative estimate of drug-likeness (QED) is 0.858. The molecule has 0 saturated carbocycles. The molecule has 0 aromatic heterocycles. The van der Waals surface area contributed by atoms with Crippen molar-refractivity contribution in [2.24, 2.45) is 0 Å². The van der Waals surface area contributed by atoms with E-state index in [1.54, 1.807) is 12.0 Å². The highest BCUT2D eigenvalue weighted by atomic mass is 16.5. The van der Waals surface area contributed by atoms with E-state index in [-0.39, 0.29) is 12.3 Å². The molecule has 1 N–H and O–H groups in total. The molecule has 1 aromatic rings. The van der Waals surface area contributed by atoms with Crippen LogP contribution in [-0.2, 0) is 20.7 Å². The lowest BCUT2D eigenvalue weighted by Gasteiger charge is -2.32. The second kappa shape index (κ2) is 7.79. The minimum Gasteiger partial charge on any atom is -0.496 e. The van der Waals surface area contributed by atoms with E-state index in [4.69, 9.17) is 14.6 Å². The molecule has 120 valence electrons. The summed E-state index contributed by atoms with van der Waals surface area (Å²) in [6.45, 7) is 1.25. The van der Waals surface area contributed by atoms with E-state index in [2.05, 4.69) is 0 Å². The molecule has 1 aromatic carbocycles. The Balaban J connectivity index is 1.87. The van der Waals surface area contributed by atoms with Gasteiger partial charge in [-0.15, -0.1) is 0 Å². The smallest absolute Gasteiger partial charge is 0.306 e. The molecule has 1 aliphatic rings. The van der Waals surface area contributed by atoms with E-state index in [1.807, 2.05) is 24.3 Å². The number of morpholine rings is 1. The van der Waals surface area contributed by atoms with Crippen LogP contribution in [0.2, 0.25) is 0 Å². The summed E-state index contributed by atoms with van der Waals surface area (Å²) in [6, 6.07) is 7.62. The first-order valence-corrected chi connectivity index (χ1v) is 7.33. The Kier molecular flexibility index (Phi) is 5.77. The molecule has 0 bridgehead atoms. The maximum Gasteiger partial charge on any atom is 0.306 e. The zero-order valence-corrected chi connectivity index (χ0v) is 12.7. The highest BCUT2D eigenvalue weighted by Gasteiger charge is 2.25. The summed E-state index contributed by atoms with van der Waals surface area (Å²) in [7, 11) is 1.61. The lowest BCUT2D eigenvalue weighted by Crippen LogP contribution is -2.46. The molecular formula is C16H21NO5. The number of carbonyl (C=O) groups is 2. The average Bonchev–Trinajstić information content (AvgIpc) is 2.52. The maximum atomic E-state index is 12.3. The van der Waals surface area contributed by atoms with Gasteiger partial charge in [-0.05, 0) is 18.1 Å². The second-order valence-corrected chi connectivity index (χ2v) is 5.24. The van der Waals surface area contributed by atoms with Gasteiger partial charge in [0.15, 0.2) is 0 Å². The zero-order chi connectivity index (χ0) is 15.9. The van der Waals surface area contributed by atoms with Gasteiger partial charge in [0, 0.05) is 19.5 Å². The number of hydrogen-bond donors (Lipinski definition) is 1. The third-order valence-electron chi connectivity index (χ3n) is 3.69. The Morgan fingerprint density at radius 2 is 2.18 bits per heavy atom. The molecule has 6 heteroatoms. The number of amides is 1. The van der Waals surface area contributed by atoms with Crippen LogP contribution in [-0.4, -0.2) is 54.8 Å². The molecule has 0 spiro atoms. The number of aliphatic carboxylic acids is 1. The number of nitrogens with zero attached hydrogens (tertiary/aromatic N) is 1. The summed E-state index contributed by atoms with van der Waals surface area (Å²) >= 11 is 0. The van der Waals surface area contributed by atoms with Crippen molar-refractivity contribution in [3.05, 3.63) is 29.8 Å². The highest BCUT2D eigenvalue weighted by molar-refractivity contribution is 5.77. The van der Waals surface area contributed by atoms with Gasteiger partial charge in [0.1, 0.15) is 5.75 Å². The average molecular weight is 307 g/mol. The van der Waals surface area contributed by atoms with Crippen LogP contribution in [0.1, 0.15) is 18.4 Å². The molecule has 1 atom stereocenters. The lowest BCUT2D eigenvalue weighted by molar-refractivity contribution is -0.147. The predicted molar refractivity (Wildman–Crippen MR) is 79.9 cm³/mol. The highest BCUT2D eigenvalue weighted by Crippen LogP contribution is 2.19. The van der Waals surface area contributed by atoms with Crippen LogP contribution in [0.5, 0.6) is 5.75 Å². The van der Waals surface area contributed by atoms with Crippen LogP contribution in [0.15, 0.2) is 24.3 Å². The number of para-hydroxylation sites is 1. The van der Waals surface area contributed by atoms with E-state index in [0.717, 1.165) is 11.3 Å². The number of hydrogen-bond acceptors (Lipinski definition) is 4. The second-order valence-electron chi connectivity index (χ2n) is 5.24. The van der Waals surface area contributed by atoms with Crippen molar-refractivity contribution in [2.75, 3.05) is 26.8 Å². The summed E-state index contributed by atoms with van der Waals surface area (Å²) in [6.07, 6.45) is 0.488. The molecule has 1 amide bonds. The van der Waals surface area contributed by atoms with Crippen molar-refractivity contribution in [3.63, 3.8) is 0 Å².